The first kappa shape index (κ1) is 12.8. The molecule has 0 fully saturated rings. The van der Waals surface area contributed by atoms with Crippen LogP contribution in [0.4, 0.5) is 17.3 Å². The second-order valence-corrected chi connectivity index (χ2v) is 4.00. The number of rotatable bonds is 4. The molecule has 0 bridgehead atoms. The molecule has 0 spiro atoms. The fourth-order valence-corrected chi connectivity index (χ4v) is 1.59. The van der Waals surface area contributed by atoms with Gasteiger partial charge in [0, 0.05) is 24.2 Å². The number of nitrogens with two attached hydrogens (primary N) is 1. The fourth-order valence-electron chi connectivity index (χ4n) is 1.59. The summed E-state index contributed by atoms with van der Waals surface area (Å²) in [7, 11) is 0. The van der Waals surface area contributed by atoms with E-state index in [1.54, 1.807) is 12.3 Å². The molecule has 0 amide bonds. The van der Waals surface area contributed by atoms with Crippen molar-refractivity contribution in [3.63, 3.8) is 0 Å². The zero-order valence-corrected chi connectivity index (χ0v) is 10.9. The van der Waals surface area contributed by atoms with Gasteiger partial charge in [0.15, 0.2) is 0 Å². The summed E-state index contributed by atoms with van der Waals surface area (Å²) in [5, 5.41) is 6.14. The number of hydrogen-bond donors (Lipinski definition) is 3. The summed E-state index contributed by atoms with van der Waals surface area (Å²) in [6, 6.07) is 5.72. The summed E-state index contributed by atoms with van der Waals surface area (Å²) in [4.78, 5) is 12.6. The van der Waals surface area contributed by atoms with Crippen LogP contribution in [0.25, 0.3) is 0 Å². The van der Waals surface area contributed by atoms with Gasteiger partial charge in [-0.2, -0.15) is 0 Å². The quantitative estimate of drug-likeness (QED) is 0.776. The van der Waals surface area contributed by atoms with E-state index in [4.69, 9.17) is 5.73 Å². The Morgan fingerprint density at radius 1 is 1.16 bits per heavy atom. The third kappa shape index (κ3) is 3.41. The zero-order valence-electron chi connectivity index (χ0n) is 10.9. The zero-order chi connectivity index (χ0) is 13.7. The Hall–Kier alpha value is -2.63. The van der Waals surface area contributed by atoms with Crippen molar-refractivity contribution in [2.75, 3.05) is 10.6 Å². The summed E-state index contributed by atoms with van der Waals surface area (Å²) >= 11 is 0. The van der Waals surface area contributed by atoms with Gasteiger partial charge in [-0.15, -0.1) is 0 Å². The van der Waals surface area contributed by atoms with Gasteiger partial charge in [-0.1, -0.05) is 0 Å². The lowest BCUT2D eigenvalue weighted by molar-refractivity contribution is 1.11. The maximum atomic E-state index is 5.26. The minimum atomic E-state index is 0.664. The van der Waals surface area contributed by atoms with Crippen LogP contribution in [-0.2, 0) is 0 Å². The molecule has 0 aliphatic rings. The number of anilines is 3. The Morgan fingerprint density at radius 2 is 1.95 bits per heavy atom. The number of hydrogen-bond acceptors (Lipinski definition) is 6. The lowest BCUT2D eigenvalue weighted by Crippen LogP contribution is -2.00. The Balaban J connectivity index is 2.18. The van der Waals surface area contributed by atoms with Crippen molar-refractivity contribution in [3.05, 3.63) is 48.3 Å². The van der Waals surface area contributed by atoms with E-state index < -0.39 is 0 Å². The number of aryl methyl sites for hydroxylation is 2. The van der Waals surface area contributed by atoms with E-state index in [0.29, 0.717) is 11.6 Å². The maximum Gasteiger partial charge on any atom is 0.135 e. The highest BCUT2D eigenvalue weighted by Crippen LogP contribution is 2.19. The van der Waals surface area contributed by atoms with Crippen molar-refractivity contribution in [3.8, 4) is 0 Å². The normalized spacial score (nSPS) is 10.6. The van der Waals surface area contributed by atoms with Crippen LogP contribution in [0.2, 0.25) is 0 Å². The Labute approximate surface area is 111 Å². The van der Waals surface area contributed by atoms with Crippen LogP contribution in [0, 0.1) is 13.8 Å². The molecular weight excluding hydrogens is 240 g/mol. The number of pyridine rings is 1. The van der Waals surface area contributed by atoms with Gasteiger partial charge in [0.1, 0.15) is 18.0 Å². The molecule has 2 aromatic rings. The van der Waals surface area contributed by atoms with Crippen molar-refractivity contribution in [2.24, 2.45) is 5.73 Å². The van der Waals surface area contributed by atoms with Crippen molar-refractivity contribution >= 4 is 17.3 Å². The molecule has 6 nitrogen and oxygen atoms in total. The molecule has 0 atom stereocenters. The molecule has 4 N–H and O–H groups in total. The van der Waals surface area contributed by atoms with Crippen molar-refractivity contribution in [1.29, 1.82) is 0 Å². The summed E-state index contributed by atoms with van der Waals surface area (Å²) < 4.78 is 0. The fraction of sp³-hybridized carbons (Fsp3) is 0.154. The number of nitrogens with zero attached hydrogens (tertiary/aromatic N) is 3. The molecule has 0 saturated carbocycles. The molecule has 0 aromatic carbocycles. The summed E-state index contributed by atoms with van der Waals surface area (Å²) in [5.41, 5.74) is 8.10. The van der Waals surface area contributed by atoms with Gasteiger partial charge in [0.25, 0.3) is 0 Å². The maximum absolute atomic E-state index is 5.26. The van der Waals surface area contributed by atoms with E-state index in [9.17, 15) is 0 Å². The average molecular weight is 256 g/mol. The smallest absolute Gasteiger partial charge is 0.135 e. The van der Waals surface area contributed by atoms with Gasteiger partial charge in [0.2, 0.25) is 0 Å². The van der Waals surface area contributed by atoms with Gasteiger partial charge in [0.05, 0.1) is 11.4 Å². The first-order valence-electron chi connectivity index (χ1n) is 5.85. The van der Waals surface area contributed by atoms with E-state index >= 15 is 0 Å². The van der Waals surface area contributed by atoms with Crippen molar-refractivity contribution in [2.45, 2.75) is 13.8 Å². The Bertz CT molecular complexity index is 593. The van der Waals surface area contributed by atoms with Crippen LogP contribution in [0.15, 0.2) is 36.9 Å². The van der Waals surface area contributed by atoms with Gasteiger partial charge in [-0.05, 0) is 26.0 Å². The molecule has 98 valence electrons. The number of aromatic nitrogens is 3. The molecule has 19 heavy (non-hydrogen) atoms. The lowest BCUT2D eigenvalue weighted by Gasteiger charge is -2.09. The Morgan fingerprint density at radius 3 is 2.68 bits per heavy atom. The van der Waals surface area contributed by atoms with Gasteiger partial charge in [-0.3, -0.25) is 4.98 Å². The van der Waals surface area contributed by atoms with E-state index in [-0.39, 0.29) is 0 Å². The SMILES string of the molecule is Cc1ccc(Nc2cc(N/C=C\N)ncn2)c(C)n1. The molecule has 2 rings (SSSR count). The van der Waals surface area contributed by atoms with E-state index in [2.05, 4.69) is 25.6 Å². The van der Waals surface area contributed by atoms with Gasteiger partial charge >= 0.3 is 0 Å². The van der Waals surface area contributed by atoms with Gasteiger partial charge < -0.3 is 16.4 Å². The minimum Gasteiger partial charge on any atom is -0.403 e. The van der Waals surface area contributed by atoms with Crippen LogP contribution in [-0.4, -0.2) is 15.0 Å². The summed E-state index contributed by atoms with van der Waals surface area (Å²) in [5.74, 6) is 1.36. The molecule has 2 aromatic heterocycles. The predicted octanol–water partition coefficient (Wildman–Crippen LogP) is 2.07. The third-order valence-corrected chi connectivity index (χ3v) is 2.48. The van der Waals surface area contributed by atoms with E-state index in [0.717, 1.165) is 17.1 Å². The highest BCUT2D eigenvalue weighted by Gasteiger charge is 2.02. The first-order chi connectivity index (χ1) is 9.19. The second kappa shape index (κ2) is 5.81. The molecule has 0 aliphatic carbocycles. The van der Waals surface area contributed by atoms with Crippen LogP contribution in [0.1, 0.15) is 11.4 Å². The third-order valence-electron chi connectivity index (χ3n) is 2.48. The molecule has 2 heterocycles. The topological polar surface area (TPSA) is 88.8 Å². The molecule has 0 unspecified atom stereocenters. The van der Waals surface area contributed by atoms with Crippen LogP contribution >= 0.6 is 0 Å². The number of nitrogens with one attached hydrogen (secondary N) is 2. The van der Waals surface area contributed by atoms with E-state index in [1.807, 2.05) is 26.0 Å². The first-order valence-corrected chi connectivity index (χ1v) is 5.85. The minimum absolute atomic E-state index is 0.664. The van der Waals surface area contributed by atoms with E-state index in [1.165, 1.54) is 12.5 Å². The molecule has 0 aliphatic heterocycles. The molecule has 6 heteroatoms. The van der Waals surface area contributed by atoms with Crippen molar-refractivity contribution in [1.82, 2.24) is 15.0 Å². The molecule has 0 saturated heterocycles. The van der Waals surface area contributed by atoms with Crippen LogP contribution in [0.5, 0.6) is 0 Å². The molecular formula is C13H16N6. The highest BCUT2D eigenvalue weighted by atomic mass is 15.1. The standard InChI is InChI=1S/C13H16N6/c1-9-3-4-11(10(2)18-9)19-13-7-12(15-6-5-14)16-8-17-13/h3-8H,14H2,1-2H3,(H2,15,16,17,19)/b6-5-. The molecule has 0 radical (unpaired) electrons. The second-order valence-electron chi connectivity index (χ2n) is 4.00. The largest absolute Gasteiger partial charge is 0.403 e. The summed E-state index contributed by atoms with van der Waals surface area (Å²) in [6.07, 6.45) is 4.49. The predicted molar refractivity (Wildman–Crippen MR) is 76.0 cm³/mol. The van der Waals surface area contributed by atoms with Gasteiger partial charge in [-0.25, -0.2) is 9.97 Å². The Kier molecular flexibility index (Phi) is 3.92. The average Bonchev–Trinajstić information content (AvgIpc) is 2.40. The van der Waals surface area contributed by atoms with Crippen LogP contribution in [0.3, 0.4) is 0 Å². The highest BCUT2D eigenvalue weighted by molar-refractivity contribution is 5.61. The monoisotopic (exact) mass is 256 g/mol. The van der Waals surface area contributed by atoms with Crippen molar-refractivity contribution < 1.29 is 0 Å². The van der Waals surface area contributed by atoms with Crippen LogP contribution < -0.4 is 16.4 Å². The lowest BCUT2D eigenvalue weighted by atomic mass is 10.2. The summed E-state index contributed by atoms with van der Waals surface area (Å²) in [6.45, 7) is 3.91.